The van der Waals surface area contributed by atoms with E-state index in [1.54, 1.807) is 14.1 Å². The summed E-state index contributed by atoms with van der Waals surface area (Å²) in [5.41, 5.74) is 0. The molecule has 5 heteroatoms. The number of carbonyl (C=O) groups excluding carboxylic acids is 1. The molecule has 2 N–H and O–H groups in total. The number of rotatable bonds is 4. The van der Waals surface area contributed by atoms with Crippen molar-refractivity contribution >= 4 is 18.5 Å². The average molecular weight is 156 g/mol. The summed E-state index contributed by atoms with van der Waals surface area (Å²) in [6.45, 7) is 0.505. The van der Waals surface area contributed by atoms with Crippen LogP contribution in [0.3, 0.4) is 0 Å². The van der Waals surface area contributed by atoms with Gasteiger partial charge in [-0.3, -0.25) is 9.79 Å². The van der Waals surface area contributed by atoms with Gasteiger partial charge >= 0.3 is 0 Å². The van der Waals surface area contributed by atoms with Gasteiger partial charge in [-0.1, -0.05) is 0 Å². The van der Waals surface area contributed by atoms with Crippen LogP contribution in [-0.2, 0) is 4.79 Å². The van der Waals surface area contributed by atoms with Crippen LogP contribution in [0.1, 0.15) is 0 Å². The molecule has 0 spiro atoms. The zero-order valence-electron chi connectivity index (χ0n) is 6.66. The standard InChI is InChI=1S/C6H12N4O/c1-7-4-10-5-9-3-6(11)8-2/h3,5,7H,4H2,1-2H3,(H,8,11). The summed E-state index contributed by atoms with van der Waals surface area (Å²) in [7, 11) is 3.32. The molecule has 0 saturated heterocycles. The van der Waals surface area contributed by atoms with Crippen molar-refractivity contribution in [3.63, 3.8) is 0 Å². The van der Waals surface area contributed by atoms with Crippen LogP contribution in [0.15, 0.2) is 9.98 Å². The van der Waals surface area contributed by atoms with Crippen LogP contribution < -0.4 is 10.6 Å². The number of hydrogen-bond acceptors (Lipinski definition) is 3. The third-order valence-electron chi connectivity index (χ3n) is 0.836. The molecule has 0 aliphatic rings. The fourth-order valence-corrected chi connectivity index (χ4v) is 0.345. The molecule has 0 aromatic heterocycles. The molecule has 0 radical (unpaired) electrons. The van der Waals surface area contributed by atoms with Crippen molar-refractivity contribution in [2.75, 3.05) is 20.8 Å². The zero-order valence-corrected chi connectivity index (χ0v) is 6.66. The molecule has 5 nitrogen and oxygen atoms in total. The molecular formula is C6H12N4O. The summed E-state index contributed by atoms with van der Waals surface area (Å²) in [6, 6.07) is 0. The predicted octanol–water partition coefficient (Wildman–Crippen LogP) is -0.992. The molecular weight excluding hydrogens is 144 g/mol. The number of nitrogens with zero attached hydrogens (tertiary/aromatic N) is 2. The van der Waals surface area contributed by atoms with E-state index < -0.39 is 0 Å². The molecule has 11 heavy (non-hydrogen) atoms. The Morgan fingerprint density at radius 1 is 1.55 bits per heavy atom. The van der Waals surface area contributed by atoms with Crippen molar-refractivity contribution in [2.45, 2.75) is 0 Å². The lowest BCUT2D eigenvalue weighted by atomic mass is 10.7. The van der Waals surface area contributed by atoms with Crippen LogP contribution in [0.5, 0.6) is 0 Å². The van der Waals surface area contributed by atoms with E-state index in [1.807, 2.05) is 0 Å². The molecule has 0 aromatic rings. The third-order valence-corrected chi connectivity index (χ3v) is 0.836. The number of hydrogen-bond donors (Lipinski definition) is 2. The number of nitrogens with one attached hydrogen (secondary N) is 2. The summed E-state index contributed by atoms with van der Waals surface area (Å²) in [5, 5.41) is 5.19. The van der Waals surface area contributed by atoms with Gasteiger partial charge in [0.1, 0.15) is 6.34 Å². The van der Waals surface area contributed by atoms with Crippen LogP contribution in [0.2, 0.25) is 0 Å². The Kier molecular flexibility index (Phi) is 6.11. The summed E-state index contributed by atoms with van der Waals surface area (Å²) >= 11 is 0. The van der Waals surface area contributed by atoms with E-state index >= 15 is 0 Å². The minimum atomic E-state index is -0.235. The van der Waals surface area contributed by atoms with Crippen LogP contribution >= 0.6 is 0 Å². The van der Waals surface area contributed by atoms with E-state index in [0.717, 1.165) is 0 Å². The maximum Gasteiger partial charge on any atom is 0.262 e. The molecule has 0 bridgehead atoms. The molecule has 62 valence electrons. The highest BCUT2D eigenvalue weighted by atomic mass is 16.1. The largest absolute Gasteiger partial charge is 0.354 e. The lowest BCUT2D eigenvalue weighted by Crippen LogP contribution is -2.18. The Morgan fingerprint density at radius 3 is 2.82 bits per heavy atom. The van der Waals surface area contributed by atoms with Crippen LogP contribution in [0, 0.1) is 0 Å². The maximum absolute atomic E-state index is 10.5. The van der Waals surface area contributed by atoms with Gasteiger partial charge in [-0.05, 0) is 7.05 Å². The molecule has 0 fully saturated rings. The van der Waals surface area contributed by atoms with Gasteiger partial charge in [0.2, 0.25) is 0 Å². The highest BCUT2D eigenvalue weighted by Crippen LogP contribution is 1.62. The molecule has 0 aliphatic heterocycles. The second kappa shape index (κ2) is 6.88. The topological polar surface area (TPSA) is 65.8 Å². The highest BCUT2D eigenvalue weighted by Gasteiger charge is 1.84. The monoisotopic (exact) mass is 156 g/mol. The molecule has 0 aromatic carbocycles. The first-order valence-electron chi connectivity index (χ1n) is 3.19. The van der Waals surface area contributed by atoms with Crippen LogP contribution in [0.4, 0.5) is 0 Å². The molecule has 0 saturated carbocycles. The zero-order chi connectivity index (χ0) is 8.53. The van der Waals surface area contributed by atoms with Gasteiger partial charge in [0.25, 0.3) is 5.91 Å². The van der Waals surface area contributed by atoms with Crippen molar-refractivity contribution in [1.82, 2.24) is 10.6 Å². The van der Waals surface area contributed by atoms with E-state index in [0.29, 0.717) is 6.67 Å². The summed E-state index contributed by atoms with van der Waals surface area (Å²) in [6.07, 6.45) is 2.49. The number of amides is 1. The first kappa shape index (κ1) is 9.77. The van der Waals surface area contributed by atoms with Crippen molar-refractivity contribution in [3.8, 4) is 0 Å². The van der Waals surface area contributed by atoms with Crippen molar-refractivity contribution in [1.29, 1.82) is 0 Å². The minimum absolute atomic E-state index is 0.235. The van der Waals surface area contributed by atoms with E-state index in [4.69, 9.17) is 0 Å². The van der Waals surface area contributed by atoms with Gasteiger partial charge in [-0.15, -0.1) is 0 Å². The van der Waals surface area contributed by atoms with Crippen molar-refractivity contribution < 1.29 is 4.79 Å². The number of carbonyl (C=O) groups is 1. The Labute approximate surface area is 65.6 Å². The molecule has 0 unspecified atom stereocenters. The SMILES string of the molecule is CNCN=CN=CC(=O)NC. The fourth-order valence-electron chi connectivity index (χ4n) is 0.345. The van der Waals surface area contributed by atoms with Crippen LogP contribution in [-0.4, -0.2) is 39.2 Å². The van der Waals surface area contributed by atoms with E-state index in [-0.39, 0.29) is 5.91 Å². The lowest BCUT2D eigenvalue weighted by Gasteiger charge is -1.86. The summed E-state index contributed by atoms with van der Waals surface area (Å²) in [5.74, 6) is -0.235. The summed E-state index contributed by atoms with van der Waals surface area (Å²) in [4.78, 5) is 17.9. The minimum Gasteiger partial charge on any atom is -0.354 e. The first-order valence-corrected chi connectivity index (χ1v) is 3.19. The second-order valence-electron chi connectivity index (χ2n) is 1.70. The normalized spacial score (nSPS) is 11.1. The van der Waals surface area contributed by atoms with Gasteiger partial charge in [-0.2, -0.15) is 0 Å². The van der Waals surface area contributed by atoms with Gasteiger partial charge in [-0.25, -0.2) is 4.99 Å². The van der Waals surface area contributed by atoms with Gasteiger partial charge < -0.3 is 10.6 Å². The van der Waals surface area contributed by atoms with Gasteiger partial charge in [0, 0.05) is 7.05 Å². The smallest absolute Gasteiger partial charge is 0.262 e. The fraction of sp³-hybridized carbons (Fsp3) is 0.500. The first-order chi connectivity index (χ1) is 5.31. The predicted molar refractivity (Wildman–Crippen MR) is 45.0 cm³/mol. The molecule has 0 heterocycles. The number of aliphatic imine (C=N–C) groups is 2. The Hall–Kier alpha value is -1.23. The molecule has 0 rings (SSSR count). The van der Waals surface area contributed by atoms with Crippen molar-refractivity contribution in [2.24, 2.45) is 9.98 Å². The Balaban J connectivity index is 3.50. The van der Waals surface area contributed by atoms with E-state index in [1.165, 1.54) is 12.6 Å². The maximum atomic E-state index is 10.5. The Bertz CT molecular complexity index is 164. The third kappa shape index (κ3) is 6.66. The van der Waals surface area contributed by atoms with Crippen LogP contribution in [0.25, 0.3) is 0 Å². The highest BCUT2D eigenvalue weighted by molar-refractivity contribution is 6.27. The van der Waals surface area contributed by atoms with Gasteiger partial charge in [0.15, 0.2) is 0 Å². The Morgan fingerprint density at radius 2 is 2.27 bits per heavy atom. The quantitative estimate of drug-likeness (QED) is 0.405. The van der Waals surface area contributed by atoms with Crippen molar-refractivity contribution in [3.05, 3.63) is 0 Å². The molecule has 0 atom stereocenters. The van der Waals surface area contributed by atoms with Gasteiger partial charge in [0.05, 0.1) is 12.9 Å². The van der Waals surface area contributed by atoms with E-state index in [9.17, 15) is 4.79 Å². The molecule has 0 aliphatic carbocycles. The molecule has 1 amide bonds. The van der Waals surface area contributed by atoms with E-state index in [2.05, 4.69) is 20.6 Å². The summed E-state index contributed by atoms with van der Waals surface area (Å²) < 4.78 is 0. The average Bonchev–Trinajstić information content (AvgIpc) is 2.04. The second-order valence-corrected chi connectivity index (χ2v) is 1.70. The lowest BCUT2D eigenvalue weighted by molar-refractivity contribution is -0.113.